The second-order valence-electron chi connectivity index (χ2n) is 5.70. The molecule has 0 saturated carbocycles. The highest BCUT2D eigenvalue weighted by atomic mass is 35.5. The quantitative estimate of drug-likeness (QED) is 0.749. The average Bonchev–Trinajstić information content (AvgIpc) is 2.87. The summed E-state index contributed by atoms with van der Waals surface area (Å²) in [6.07, 6.45) is 0. The first-order valence-corrected chi connectivity index (χ1v) is 8.75. The molecular formula is C19H14Cl2FNO4. The van der Waals surface area contributed by atoms with Crippen molar-refractivity contribution in [1.29, 1.82) is 0 Å². The van der Waals surface area contributed by atoms with E-state index in [0.717, 1.165) is 12.1 Å². The molecule has 1 amide bonds. The fraction of sp³-hybridized carbons (Fsp3) is 0.158. The summed E-state index contributed by atoms with van der Waals surface area (Å²) in [4.78, 5) is 26.4. The normalized spacial score (nSPS) is 16.8. The van der Waals surface area contributed by atoms with Crippen LogP contribution in [0.25, 0.3) is 0 Å². The van der Waals surface area contributed by atoms with Crippen molar-refractivity contribution >= 4 is 40.8 Å². The van der Waals surface area contributed by atoms with Crippen LogP contribution in [0, 0.1) is 5.82 Å². The highest BCUT2D eigenvalue weighted by Crippen LogP contribution is 2.43. The summed E-state index contributed by atoms with van der Waals surface area (Å²) in [6, 6.07) is 8.75. The number of aliphatic hydroxyl groups is 1. The molecule has 5 nitrogen and oxygen atoms in total. The summed E-state index contributed by atoms with van der Waals surface area (Å²) in [7, 11) is 0. The van der Waals surface area contributed by atoms with E-state index in [0.29, 0.717) is 10.7 Å². The van der Waals surface area contributed by atoms with Gasteiger partial charge in [-0.2, -0.15) is 0 Å². The molecule has 1 aliphatic heterocycles. The molecule has 1 unspecified atom stereocenters. The van der Waals surface area contributed by atoms with Crippen LogP contribution in [0.1, 0.15) is 18.5 Å². The summed E-state index contributed by atoms with van der Waals surface area (Å²) < 4.78 is 18.5. The molecule has 140 valence electrons. The predicted molar refractivity (Wildman–Crippen MR) is 99.4 cm³/mol. The smallest absolute Gasteiger partial charge is 0.340 e. The lowest BCUT2D eigenvalue weighted by atomic mass is 9.98. The van der Waals surface area contributed by atoms with Crippen molar-refractivity contribution < 1.29 is 23.8 Å². The first-order chi connectivity index (χ1) is 12.8. The minimum atomic E-state index is -1.08. The number of esters is 1. The minimum absolute atomic E-state index is 0.00302. The van der Waals surface area contributed by atoms with Crippen molar-refractivity contribution in [1.82, 2.24) is 0 Å². The van der Waals surface area contributed by atoms with Gasteiger partial charge in [-0.3, -0.25) is 9.69 Å². The average molecular weight is 410 g/mol. The molecule has 1 atom stereocenters. The number of anilines is 1. The Hall–Kier alpha value is -2.57. The van der Waals surface area contributed by atoms with Gasteiger partial charge in [-0.25, -0.2) is 9.18 Å². The maximum Gasteiger partial charge on any atom is 0.340 e. The Labute approximate surface area is 164 Å². The molecule has 27 heavy (non-hydrogen) atoms. The van der Waals surface area contributed by atoms with Crippen LogP contribution >= 0.6 is 23.2 Å². The number of carbonyl (C=O) groups is 2. The van der Waals surface area contributed by atoms with E-state index in [1.807, 2.05) is 0 Å². The summed E-state index contributed by atoms with van der Waals surface area (Å²) in [5.41, 5.74) is 0.388. The number of ether oxygens (including phenoxy) is 1. The van der Waals surface area contributed by atoms with E-state index < -0.39 is 29.5 Å². The second-order valence-corrected chi connectivity index (χ2v) is 6.55. The fourth-order valence-corrected chi connectivity index (χ4v) is 3.30. The van der Waals surface area contributed by atoms with Crippen LogP contribution in [0.5, 0.6) is 0 Å². The van der Waals surface area contributed by atoms with E-state index in [4.69, 9.17) is 27.9 Å². The molecule has 0 radical (unpaired) electrons. The Morgan fingerprint density at radius 1 is 1.22 bits per heavy atom. The van der Waals surface area contributed by atoms with Crippen LogP contribution in [0.2, 0.25) is 10.0 Å². The van der Waals surface area contributed by atoms with Gasteiger partial charge in [-0.05, 0) is 48.9 Å². The van der Waals surface area contributed by atoms with Gasteiger partial charge in [-0.15, -0.1) is 0 Å². The van der Waals surface area contributed by atoms with Gasteiger partial charge in [0.2, 0.25) is 0 Å². The van der Waals surface area contributed by atoms with E-state index in [-0.39, 0.29) is 22.8 Å². The lowest BCUT2D eigenvalue weighted by molar-refractivity contribution is -0.139. The number of halogens is 3. The standard InChI is InChI=1S/C19H14Cl2FNO4/c1-2-27-19(26)15-16(13-8-5-11(22)9-14(13)21)23(18(25)17(15)24)12-6-3-10(20)4-7-12/h3-9,16,24H,2H2,1H3. The van der Waals surface area contributed by atoms with Crippen LogP contribution in [-0.4, -0.2) is 23.6 Å². The third-order valence-corrected chi connectivity index (χ3v) is 4.64. The first kappa shape index (κ1) is 19.2. The monoisotopic (exact) mass is 409 g/mol. The zero-order valence-electron chi connectivity index (χ0n) is 14.1. The Kier molecular flexibility index (Phi) is 5.39. The maximum atomic E-state index is 13.5. The SMILES string of the molecule is CCOC(=O)C1=C(O)C(=O)N(c2ccc(Cl)cc2)C1c1ccc(F)cc1Cl. The van der Waals surface area contributed by atoms with Crippen molar-refractivity contribution in [2.75, 3.05) is 11.5 Å². The molecule has 3 rings (SSSR count). The van der Waals surface area contributed by atoms with Crippen LogP contribution in [-0.2, 0) is 14.3 Å². The molecule has 1 aliphatic rings. The van der Waals surface area contributed by atoms with Crippen molar-refractivity contribution in [3.8, 4) is 0 Å². The van der Waals surface area contributed by atoms with Crippen LogP contribution in [0.15, 0.2) is 53.8 Å². The molecule has 2 aromatic carbocycles. The summed E-state index contributed by atoms with van der Waals surface area (Å²) >= 11 is 12.1. The zero-order valence-corrected chi connectivity index (χ0v) is 15.6. The number of nitrogens with zero attached hydrogens (tertiary/aromatic N) is 1. The highest BCUT2D eigenvalue weighted by Gasteiger charge is 2.46. The molecule has 0 fully saturated rings. The Bertz CT molecular complexity index is 943. The molecule has 0 aromatic heterocycles. The number of hydrogen-bond donors (Lipinski definition) is 1. The number of rotatable bonds is 4. The molecular weight excluding hydrogens is 396 g/mol. The van der Waals surface area contributed by atoms with Crippen molar-refractivity contribution in [2.24, 2.45) is 0 Å². The van der Waals surface area contributed by atoms with Gasteiger partial charge in [0.1, 0.15) is 17.4 Å². The first-order valence-electron chi connectivity index (χ1n) is 7.99. The van der Waals surface area contributed by atoms with Crippen LogP contribution in [0.3, 0.4) is 0 Å². The number of amides is 1. The van der Waals surface area contributed by atoms with E-state index in [1.54, 1.807) is 31.2 Å². The molecule has 0 saturated heterocycles. The summed E-state index contributed by atoms with van der Waals surface area (Å²) in [5.74, 6) is -2.97. The van der Waals surface area contributed by atoms with Crippen molar-refractivity contribution in [2.45, 2.75) is 13.0 Å². The molecule has 1 N–H and O–H groups in total. The molecule has 0 spiro atoms. The largest absolute Gasteiger partial charge is 0.503 e. The summed E-state index contributed by atoms with van der Waals surface area (Å²) in [6.45, 7) is 1.65. The number of carbonyl (C=O) groups excluding carboxylic acids is 2. The minimum Gasteiger partial charge on any atom is -0.503 e. The maximum absolute atomic E-state index is 13.5. The molecule has 1 heterocycles. The van der Waals surface area contributed by atoms with Gasteiger partial charge >= 0.3 is 5.97 Å². The number of hydrogen-bond acceptors (Lipinski definition) is 4. The lowest BCUT2D eigenvalue weighted by Crippen LogP contribution is -2.31. The van der Waals surface area contributed by atoms with E-state index in [9.17, 15) is 19.1 Å². The highest BCUT2D eigenvalue weighted by molar-refractivity contribution is 6.32. The Balaban J connectivity index is 2.19. The van der Waals surface area contributed by atoms with Gasteiger partial charge in [0, 0.05) is 15.7 Å². The third-order valence-electron chi connectivity index (χ3n) is 4.07. The zero-order chi connectivity index (χ0) is 19.7. The van der Waals surface area contributed by atoms with E-state index >= 15 is 0 Å². The van der Waals surface area contributed by atoms with Crippen LogP contribution in [0.4, 0.5) is 10.1 Å². The molecule has 0 bridgehead atoms. The van der Waals surface area contributed by atoms with Gasteiger partial charge in [0.15, 0.2) is 5.76 Å². The molecule has 8 heteroatoms. The summed E-state index contributed by atoms with van der Waals surface area (Å²) in [5, 5.41) is 10.8. The van der Waals surface area contributed by atoms with Gasteiger partial charge < -0.3 is 9.84 Å². The predicted octanol–water partition coefficient (Wildman–Crippen LogP) is 4.60. The van der Waals surface area contributed by atoms with E-state index in [2.05, 4.69) is 0 Å². The lowest BCUT2D eigenvalue weighted by Gasteiger charge is -2.27. The van der Waals surface area contributed by atoms with Crippen molar-refractivity contribution in [3.05, 3.63) is 75.2 Å². The van der Waals surface area contributed by atoms with Gasteiger partial charge in [-0.1, -0.05) is 29.3 Å². The molecule has 0 aliphatic carbocycles. The number of benzene rings is 2. The van der Waals surface area contributed by atoms with Crippen LogP contribution < -0.4 is 4.90 Å². The topological polar surface area (TPSA) is 66.8 Å². The van der Waals surface area contributed by atoms with Gasteiger partial charge in [0.05, 0.1) is 6.61 Å². The van der Waals surface area contributed by atoms with Gasteiger partial charge in [0.25, 0.3) is 5.91 Å². The Morgan fingerprint density at radius 2 is 1.89 bits per heavy atom. The second kappa shape index (κ2) is 7.58. The van der Waals surface area contributed by atoms with E-state index in [1.165, 1.54) is 11.0 Å². The fourth-order valence-electron chi connectivity index (χ4n) is 2.91. The molecule has 2 aromatic rings. The Morgan fingerprint density at radius 3 is 2.48 bits per heavy atom. The van der Waals surface area contributed by atoms with Crippen molar-refractivity contribution in [3.63, 3.8) is 0 Å². The third kappa shape index (κ3) is 3.50. The number of aliphatic hydroxyl groups excluding tert-OH is 1.